The Bertz CT molecular complexity index is 802. The smallest absolute Gasteiger partial charge is 0.209 e. The lowest BCUT2D eigenvalue weighted by molar-refractivity contribution is -0.117. The van der Waals surface area contributed by atoms with Crippen LogP contribution in [0.4, 0.5) is 5.69 Å². The molecule has 0 aliphatic rings. The van der Waals surface area contributed by atoms with Crippen LogP contribution in [0.15, 0.2) is 41.6 Å². The van der Waals surface area contributed by atoms with E-state index in [-0.39, 0.29) is 0 Å². The molecule has 2 rings (SSSR count). The van der Waals surface area contributed by atoms with E-state index in [9.17, 15) is 9.90 Å². The Morgan fingerprint density at radius 3 is 2.62 bits per heavy atom. The minimum absolute atomic E-state index is 0.593. The lowest BCUT2D eigenvalue weighted by Crippen LogP contribution is -2.25. The van der Waals surface area contributed by atoms with E-state index in [4.69, 9.17) is 5.41 Å². The predicted molar refractivity (Wildman–Crippen MR) is 116 cm³/mol. The van der Waals surface area contributed by atoms with E-state index >= 15 is 0 Å². The molecular weight excluding hydrogens is 368 g/mol. The number of benzene rings is 1. The number of aliphatic hydroxyl groups is 1. The van der Waals surface area contributed by atoms with E-state index in [0.29, 0.717) is 31.0 Å². The number of nitrogens with zero attached hydrogens (tertiary/aromatic N) is 4. The summed E-state index contributed by atoms with van der Waals surface area (Å²) in [7, 11) is 0. The summed E-state index contributed by atoms with van der Waals surface area (Å²) >= 11 is 0. The van der Waals surface area contributed by atoms with E-state index < -0.39 is 5.60 Å². The summed E-state index contributed by atoms with van der Waals surface area (Å²) in [6.07, 6.45) is 5.57. The third-order valence-corrected chi connectivity index (χ3v) is 3.99. The second-order valence-corrected chi connectivity index (χ2v) is 6.77. The second kappa shape index (κ2) is 12.4. The molecule has 8 nitrogen and oxygen atoms in total. The zero-order valence-electron chi connectivity index (χ0n) is 17.5. The van der Waals surface area contributed by atoms with E-state index in [1.54, 1.807) is 31.0 Å². The molecule has 0 saturated heterocycles. The third-order valence-electron chi connectivity index (χ3n) is 3.99. The van der Waals surface area contributed by atoms with Crippen LogP contribution in [0.2, 0.25) is 0 Å². The normalized spacial score (nSPS) is 10.8. The lowest BCUT2D eigenvalue weighted by atomic mass is 10.1. The Morgan fingerprint density at radius 1 is 1.31 bits per heavy atom. The molecule has 0 spiro atoms. The van der Waals surface area contributed by atoms with Crippen LogP contribution in [0.5, 0.6) is 0 Å². The van der Waals surface area contributed by atoms with Crippen molar-refractivity contribution >= 4 is 24.5 Å². The molecule has 8 heteroatoms. The first-order valence-electron chi connectivity index (χ1n) is 9.39. The maximum Gasteiger partial charge on any atom is 0.209 e. The summed E-state index contributed by atoms with van der Waals surface area (Å²) in [6.45, 7) is 8.56. The van der Waals surface area contributed by atoms with Crippen LogP contribution in [-0.2, 0) is 16.8 Å². The van der Waals surface area contributed by atoms with Gasteiger partial charge in [0.25, 0.3) is 0 Å². The van der Waals surface area contributed by atoms with Gasteiger partial charge in [-0.25, -0.2) is 9.97 Å². The van der Waals surface area contributed by atoms with Crippen LogP contribution in [0.1, 0.15) is 37.9 Å². The Labute approximate surface area is 172 Å². The first-order chi connectivity index (χ1) is 13.8. The van der Waals surface area contributed by atoms with E-state index in [1.807, 2.05) is 38.1 Å². The van der Waals surface area contributed by atoms with Gasteiger partial charge in [0.05, 0.1) is 17.6 Å². The SMILES string of the molecule is CCN(C=O)CCc1nccc(C(C)(C)O)n1.Cc1ccccc1N/N=C\C=N. The van der Waals surface area contributed by atoms with Crippen molar-refractivity contribution in [2.45, 2.75) is 39.7 Å². The van der Waals surface area contributed by atoms with Gasteiger partial charge in [-0.2, -0.15) is 5.10 Å². The van der Waals surface area contributed by atoms with Gasteiger partial charge in [-0.1, -0.05) is 18.2 Å². The molecule has 0 saturated carbocycles. The van der Waals surface area contributed by atoms with Gasteiger partial charge in [0.1, 0.15) is 11.4 Å². The van der Waals surface area contributed by atoms with Crippen LogP contribution < -0.4 is 5.43 Å². The van der Waals surface area contributed by atoms with Crippen molar-refractivity contribution < 1.29 is 9.90 Å². The molecule has 0 radical (unpaired) electrons. The number of aryl methyl sites for hydroxylation is 1. The minimum atomic E-state index is -0.965. The minimum Gasteiger partial charge on any atom is -0.384 e. The number of carbonyl (C=O) groups is 1. The zero-order valence-corrected chi connectivity index (χ0v) is 17.5. The lowest BCUT2D eigenvalue weighted by Gasteiger charge is -2.17. The number of aromatic nitrogens is 2. The quantitative estimate of drug-likeness (QED) is 0.341. The molecule has 29 heavy (non-hydrogen) atoms. The molecule has 156 valence electrons. The summed E-state index contributed by atoms with van der Waals surface area (Å²) < 4.78 is 0. The van der Waals surface area contributed by atoms with E-state index in [2.05, 4.69) is 20.5 Å². The van der Waals surface area contributed by atoms with Crippen molar-refractivity contribution in [2.75, 3.05) is 18.5 Å². The Kier molecular flexibility index (Phi) is 10.2. The maximum atomic E-state index is 10.6. The average Bonchev–Trinajstić information content (AvgIpc) is 2.70. The highest BCUT2D eigenvalue weighted by molar-refractivity contribution is 6.14. The van der Waals surface area contributed by atoms with Crippen molar-refractivity contribution in [2.24, 2.45) is 5.10 Å². The van der Waals surface area contributed by atoms with Crippen LogP contribution in [0.3, 0.4) is 0 Å². The van der Waals surface area contributed by atoms with Gasteiger partial charge >= 0.3 is 0 Å². The van der Waals surface area contributed by atoms with Crippen molar-refractivity contribution in [3.8, 4) is 0 Å². The zero-order chi connectivity index (χ0) is 21.7. The van der Waals surface area contributed by atoms with Crippen molar-refractivity contribution in [1.29, 1.82) is 5.41 Å². The van der Waals surface area contributed by atoms with Gasteiger partial charge in [0.2, 0.25) is 6.41 Å². The van der Waals surface area contributed by atoms with Gasteiger partial charge in [-0.05, 0) is 45.4 Å². The maximum absolute atomic E-state index is 10.6. The highest BCUT2D eigenvalue weighted by Crippen LogP contribution is 2.16. The largest absolute Gasteiger partial charge is 0.384 e. The number of hydrogen-bond donors (Lipinski definition) is 3. The third kappa shape index (κ3) is 9.07. The van der Waals surface area contributed by atoms with E-state index in [1.165, 1.54) is 6.21 Å². The van der Waals surface area contributed by atoms with Gasteiger partial charge < -0.3 is 15.4 Å². The summed E-state index contributed by atoms with van der Waals surface area (Å²) in [5, 5.41) is 20.3. The topological polar surface area (TPSA) is 115 Å². The molecule has 0 atom stereocenters. The molecule has 1 aromatic carbocycles. The van der Waals surface area contributed by atoms with Crippen molar-refractivity contribution in [1.82, 2.24) is 14.9 Å². The number of amides is 1. The Balaban J connectivity index is 0.000000308. The summed E-state index contributed by atoms with van der Waals surface area (Å²) in [5.41, 5.74) is 4.57. The molecule has 2 aromatic rings. The molecule has 0 unspecified atom stereocenters. The monoisotopic (exact) mass is 398 g/mol. The van der Waals surface area contributed by atoms with Crippen molar-refractivity contribution in [3.63, 3.8) is 0 Å². The van der Waals surface area contributed by atoms with Crippen molar-refractivity contribution in [3.05, 3.63) is 53.6 Å². The summed E-state index contributed by atoms with van der Waals surface area (Å²) in [5.74, 6) is 0.643. The number of carbonyl (C=O) groups excluding carboxylic acids is 1. The summed E-state index contributed by atoms with van der Waals surface area (Å²) in [6, 6.07) is 9.55. The standard InChI is InChI=1S/C12H19N3O2.C9H11N3/c1-4-15(9-16)8-6-11-13-7-5-10(14-11)12(2,3)17;1-8-4-2-3-5-9(8)12-11-7-6-10/h5,7,9,17H,4,6,8H2,1-3H3;2-7,10,12H,1H3/b;10-6?,11-7-. The Hall–Kier alpha value is -3.13. The van der Waals surface area contributed by atoms with Gasteiger partial charge in [0.15, 0.2) is 0 Å². The molecule has 1 aromatic heterocycles. The van der Waals surface area contributed by atoms with Crippen LogP contribution in [0, 0.1) is 12.3 Å². The fraction of sp³-hybridized carbons (Fsp3) is 0.381. The molecule has 0 aliphatic heterocycles. The van der Waals surface area contributed by atoms with Crippen LogP contribution in [0.25, 0.3) is 0 Å². The second-order valence-electron chi connectivity index (χ2n) is 6.77. The Morgan fingerprint density at radius 2 is 2.03 bits per heavy atom. The van der Waals surface area contributed by atoms with Crippen LogP contribution >= 0.6 is 0 Å². The van der Waals surface area contributed by atoms with Crippen LogP contribution in [-0.4, -0.2) is 51.9 Å². The fourth-order valence-electron chi connectivity index (χ4n) is 2.23. The fourth-order valence-corrected chi connectivity index (χ4v) is 2.23. The number of anilines is 1. The number of nitrogens with one attached hydrogen (secondary N) is 2. The molecule has 3 N–H and O–H groups in total. The molecule has 0 aliphatic carbocycles. The number of rotatable bonds is 9. The van der Waals surface area contributed by atoms with Gasteiger partial charge in [0, 0.05) is 31.9 Å². The average molecular weight is 399 g/mol. The number of hydrazone groups is 1. The first-order valence-corrected chi connectivity index (χ1v) is 9.39. The highest BCUT2D eigenvalue weighted by Gasteiger charge is 2.18. The highest BCUT2D eigenvalue weighted by atomic mass is 16.3. The number of para-hydroxylation sites is 1. The molecule has 0 bridgehead atoms. The molecule has 1 heterocycles. The number of likely N-dealkylation sites (N-methyl/N-ethyl adjacent to an activating group) is 1. The number of hydrogen-bond acceptors (Lipinski definition) is 7. The van der Waals surface area contributed by atoms with Gasteiger partial charge in [-0.3, -0.25) is 10.2 Å². The molecule has 1 amide bonds. The molecular formula is C21H30N6O2. The van der Waals surface area contributed by atoms with E-state index in [0.717, 1.165) is 23.9 Å². The predicted octanol–water partition coefficient (Wildman–Crippen LogP) is 2.77. The molecule has 0 fully saturated rings. The first kappa shape index (κ1) is 23.9. The van der Waals surface area contributed by atoms with Gasteiger partial charge in [-0.15, -0.1) is 0 Å². The summed E-state index contributed by atoms with van der Waals surface area (Å²) in [4.78, 5) is 20.7.